The van der Waals surface area contributed by atoms with E-state index < -0.39 is 6.23 Å². The summed E-state index contributed by atoms with van der Waals surface area (Å²) in [6, 6.07) is 1.62. The zero-order chi connectivity index (χ0) is 9.10. The van der Waals surface area contributed by atoms with Gasteiger partial charge < -0.3 is 14.5 Å². The molecule has 1 N–H and O–H groups in total. The minimum Gasteiger partial charge on any atom is -0.368 e. The average Bonchev–Trinajstić information content (AvgIpc) is 2.71. The summed E-state index contributed by atoms with van der Waals surface area (Å²) in [6.45, 7) is 0.435. The van der Waals surface area contributed by atoms with Crippen LogP contribution in [-0.2, 0) is 0 Å². The van der Waals surface area contributed by atoms with Crippen molar-refractivity contribution in [2.24, 2.45) is 4.99 Å². The van der Waals surface area contributed by atoms with E-state index in [4.69, 9.17) is 0 Å². The van der Waals surface area contributed by atoms with Gasteiger partial charge in [-0.1, -0.05) is 5.16 Å². The van der Waals surface area contributed by atoms with E-state index >= 15 is 0 Å². The summed E-state index contributed by atoms with van der Waals surface area (Å²) in [6.07, 6.45) is 5.84. The first-order valence-corrected chi connectivity index (χ1v) is 3.88. The lowest BCUT2D eigenvalue weighted by atomic mass is 10.3. The number of hydrogen-bond donors (Lipinski definition) is 1. The van der Waals surface area contributed by atoms with Crippen LogP contribution in [0.25, 0.3) is 0 Å². The number of aromatic nitrogens is 1. The molecule has 5 heteroatoms. The van der Waals surface area contributed by atoms with Crippen LogP contribution in [0, 0.1) is 0 Å². The summed E-state index contributed by atoms with van der Waals surface area (Å²) < 4.78 is 4.63. The number of aliphatic hydroxyl groups excluding tert-OH is 1. The first-order valence-electron chi connectivity index (χ1n) is 3.88. The Balaban J connectivity index is 2.09. The molecule has 0 radical (unpaired) electrons. The van der Waals surface area contributed by atoms with Crippen molar-refractivity contribution in [3.05, 3.63) is 30.3 Å². The maximum atomic E-state index is 9.71. The second-order valence-electron chi connectivity index (χ2n) is 2.63. The molecular formula is C8H9N3O2. The topological polar surface area (TPSA) is 61.9 Å². The van der Waals surface area contributed by atoms with Gasteiger partial charge in [-0.25, -0.2) is 0 Å². The predicted octanol–water partition coefficient (Wildman–Crippen LogP) is 0.523. The van der Waals surface area contributed by atoms with Crippen molar-refractivity contribution in [2.75, 3.05) is 6.67 Å². The maximum absolute atomic E-state index is 9.71. The lowest BCUT2D eigenvalue weighted by Gasteiger charge is -2.23. The van der Waals surface area contributed by atoms with Crippen LogP contribution in [0.1, 0.15) is 11.9 Å². The third-order valence-electron chi connectivity index (χ3n) is 1.75. The van der Waals surface area contributed by atoms with E-state index in [1.54, 1.807) is 29.5 Å². The van der Waals surface area contributed by atoms with Gasteiger partial charge in [0.25, 0.3) is 0 Å². The van der Waals surface area contributed by atoms with Crippen LogP contribution < -0.4 is 0 Å². The molecule has 1 aromatic heterocycles. The molecule has 0 aliphatic carbocycles. The van der Waals surface area contributed by atoms with Crippen LogP contribution in [-0.4, -0.2) is 28.0 Å². The average molecular weight is 179 g/mol. The zero-order valence-electron chi connectivity index (χ0n) is 6.87. The van der Waals surface area contributed by atoms with E-state index in [2.05, 4.69) is 14.7 Å². The summed E-state index contributed by atoms with van der Waals surface area (Å²) in [5.41, 5.74) is 0.488. The molecule has 0 amide bonds. The SMILES string of the molecule is OC(c1ccon1)N1C=CC=NC1. The Hall–Kier alpha value is -1.62. The molecule has 1 aliphatic heterocycles. The monoisotopic (exact) mass is 179 g/mol. The van der Waals surface area contributed by atoms with Crippen molar-refractivity contribution < 1.29 is 9.63 Å². The van der Waals surface area contributed by atoms with Crippen molar-refractivity contribution in [2.45, 2.75) is 6.23 Å². The van der Waals surface area contributed by atoms with E-state index in [1.807, 2.05) is 0 Å². The molecular weight excluding hydrogens is 170 g/mol. The molecule has 68 valence electrons. The summed E-state index contributed by atoms with van der Waals surface area (Å²) in [5.74, 6) is 0. The molecule has 1 aliphatic rings. The van der Waals surface area contributed by atoms with Crippen molar-refractivity contribution >= 4 is 6.21 Å². The smallest absolute Gasteiger partial charge is 0.175 e. The highest BCUT2D eigenvalue weighted by molar-refractivity contribution is 5.71. The van der Waals surface area contributed by atoms with Gasteiger partial charge in [0.15, 0.2) is 6.23 Å². The molecule has 0 aromatic carbocycles. The molecule has 2 heterocycles. The van der Waals surface area contributed by atoms with E-state index in [0.717, 1.165) is 0 Å². The van der Waals surface area contributed by atoms with Crippen molar-refractivity contribution in [3.63, 3.8) is 0 Å². The highest BCUT2D eigenvalue weighted by Gasteiger charge is 2.16. The third-order valence-corrected chi connectivity index (χ3v) is 1.75. The fourth-order valence-corrected chi connectivity index (χ4v) is 1.08. The first-order chi connectivity index (χ1) is 6.38. The van der Waals surface area contributed by atoms with Gasteiger partial charge in [-0.2, -0.15) is 0 Å². The second-order valence-corrected chi connectivity index (χ2v) is 2.63. The quantitative estimate of drug-likeness (QED) is 0.719. The normalized spacial score (nSPS) is 17.8. The minimum atomic E-state index is -0.785. The van der Waals surface area contributed by atoms with Crippen molar-refractivity contribution in [1.82, 2.24) is 10.1 Å². The molecule has 1 aromatic rings. The summed E-state index contributed by atoms with van der Waals surface area (Å²) >= 11 is 0. The summed E-state index contributed by atoms with van der Waals surface area (Å²) in [7, 11) is 0. The van der Waals surface area contributed by atoms with Gasteiger partial charge in [0, 0.05) is 18.5 Å². The molecule has 0 saturated heterocycles. The lowest BCUT2D eigenvalue weighted by molar-refractivity contribution is 0.0318. The van der Waals surface area contributed by atoms with Gasteiger partial charge in [-0.3, -0.25) is 4.99 Å². The standard InChI is InChI=1S/C8H9N3O2/c12-8(7-2-5-13-10-7)11-4-1-3-9-6-11/h1-5,8,12H,6H2. The Labute approximate surface area is 75.0 Å². The van der Waals surface area contributed by atoms with Crippen LogP contribution >= 0.6 is 0 Å². The fourth-order valence-electron chi connectivity index (χ4n) is 1.08. The fraction of sp³-hybridized carbons (Fsp3) is 0.250. The Morgan fingerprint density at radius 3 is 3.15 bits per heavy atom. The molecule has 2 rings (SSSR count). The molecule has 1 unspecified atom stereocenters. The van der Waals surface area contributed by atoms with E-state index in [-0.39, 0.29) is 0 Å². The highest BCUT2D eigenvalue weighted by atomic mass is 16.5. The van der Waals surface area contributed by atoms with Gasteiger partial charge in [-0.15, -0.1) is 0 Å². The van der Waals surface area contributed by atoms with Gasteiger partial charge in [0.2, 0.25) is 0 Å². The minimum absolute atomic E-state index is 0.435. The number of aliphatic hydroxyl groups is 1. The van der Waals surface area contributed by atoms with Crippen LogP contribution in [0.4, 0.5) is 0 Å². The summed E-state index contributed by atoms with van der Waals surface area (Å²) in [4.78, 5) is 5.64. The molecule has 0 bridgehead atoms. The number of allylic oxidation sites excluding steroid dienone is 1. The number of nitrogens with zero attached hydrogens (tertiary/aromatic N) is 3. The van der Waals surface area contributed by atoms with E-state index in [1.165, 1.54) is 6.26 Å². The van der Waals surface area contributed by atoms with Gasteiger partial charge in [0.05, 0.1) is 0 Å². The number of rotatable bonds is 2. The van der Waals surface area contributed by atoms with E-state index in [9.17, 15) is 5.11 Å². The Bertz CT molecular complexity index is 318. The first kappa shape index (κ1) is 8.00. The molecule has 5 nitrogen and oxygen atoms in total. The van der Waals surface area contributed by atoms with Gasteiger partial charge in [-0.05, 0) is 6.08 Å². The van der Waals surface area contributed by atoms with Crippen molar-refractivity contribution in [3.8, 4) is 0 Å². The van der Waals surface area contributed by atoms with E-state index in [0.29, 0.717) is 12.4 Å². The largest absolute Gasteiger partial charge is 0.368 e. The summed E-state index contributed by atoms with van der Waals surface area (Å²) in [5, 5.41) is 13.4. The highest BCUT2D eigenvalue weighted by Crippen LogP contribution is 2.16. The lowest BCUT2D eigenvalue weighted by Crippen LogP contribution is -2.25. The number of hydrogen-bond acceptors (Lipinski definition) is 5. The Morgan fingerprint density at radius 1 is 1.62 bits per heavy atom. The molecule has 0 spiro atoms. The molecule has 13 heavy (non-hydrogen) atoms. The molecule has 1 atom stereocenters. The Morgan fingerprint density at radius 2 is 2.54 bits per heavy atom. The van der Waals surface area contributed by atoms with Crippen LogP contribution in [0.15, 0.2) is 34.1 Å². The van der Waals surface area contributed by atoms with Crippen LogP contribution in [0.2, 0.25) is 0 Å². The van der Waals surface area contributed by atoms with Gasteiger partial charge in [0.1, 0.15) is 18.6 Å². The van der Waals surface area contributed by atoms with Gasteiger partial charge >= 0.3 is 0 Å². The maximum Gasteiger partial charge on any atom is 0.175 e. The molecule has 0 fully saturated rings. The predicted molar refractivity (Wildman–Crippen MR) is 45.8 cm³/mol. The molecule has 0 saturated carbocycles. The number of aliphatic imine (C=N–C) groups is 1. The zero-order valence-corrected chi connectivity index (χ0v) is 6.87. The van der Waals surface area contributed by atoms with Crippen molar-refractivity contribution in [1.29, 1.82) is 0 Å². The third kappa shape index (κ3) is 1.59. The second kappa shape index (κ2) is 3.40. The van der Waals surface area contributed by atoms with Crippen LogP contribution in [0.5, 0.6) is 0 Å². The van der Waals surface area contributed by atoms with Crippen LogP contribution in [0.3, 0.4) is 0 Å². The Kier molecular flexibility index (Phi) is 2.09.